The summed E-state index contributed by atoms with van der Waals surface area (Å²) in [5.74, 6) is -2.05. The number of imidazole rings is 1. The molecule has 0 spiro atoms. The number of carbonyl (C=O) groups excluding carboxylic acids is 4. The molecule has 5 N–H and O–H groups in total. The van der Waals surface area contributed by atoms with Crippen molar-refractivity contribution in [2.75, 3.05) is 124 Å². The number of Topliss-reactive ketones (excluding diaryl/α,β-unsaturated/α-hetero) is 1. The van der Waals surface area contributed by atoms with Crippen LogP contribution >= 0.6 is 58.0 Å². The number of phenols is 3. The predicted octanol–water partition coefficient (Wildman–Crippen LogP) is 17.8. The van der Waals surface area contributed by atoms with Gasteiger partial charge in [-0.3, -0.25) is 24.1 Å². The minimum atomic E-state index is -0.854. The second-order valence-corrected chi connectivity index (χ2v) is 33.1. The van der Waals surface area contributed by atoms with Crippen molar-refractivity contribution in [3.63, 3.8) is 0 Å². The van der Waals surface area contributed by atoms with Gasteiger partial charge in [0.1, 0.15) is 112 Å². The fourth-order valence-electron chi connectivity index (χ4n) is 16.6. The van der Waals surface area contributed by atoms with Crippen LogP contribution < -0.4 is 19.6 Å². The van der Waals surface area contributed by atoms with Crippen molar-refractivity contribution in [3.8, 4) is 67.8 Å². The molecule has 1 unspecified atom stereocenters. The number of aromatic amines is 2. The molecular formula is C94H80Cl5F5N20O7. The van der Waals surface area contributed by atoms with Crippen molar-refractivity contribution < 1.29 is 56.4 Å². The summed E-state index contributed by atoms with van der Waals surface area (Å²) in [5.41, 5.74) is 2.71. The van der Waals surface area contributed by atoms with Crippen molar-refractivity contribution in [2.24, 2.45) is 0 Å². The molecule has 0 saturated carbocycles. The summed E-state index contributed by atoms with van der Waals surface area (Å²) >= 11 is 32.0. The van der Waals surface area contributed by atoms with Gasteiger partial charge < -0.3 is 59.6 Å². The van der Waals surface area contributed by atoms with E-state index in [2.05, 4.69) is 70.7 Å². The lowest BCUT2D eigenvalue weighted by Gasteiger charge is -2.39. The summed E-state index contributed by atoms with van der Waals surface area (Å²) in [6, 6.07) is 39.6. The zero-order valence-corrected chi connectivity index (χ0v) is 73.9. The third-order valence-corrected chi connectivity index (χ3v) is 24.8. The number of hydrogen-bond donors (Lipinski definition) is 5. The predicted molar refractivity (Wildman–Crippen MR) is 495 cm³/mol. The summed E-state index contributed by atoms with van der Waals surface area (Å²) in [5, 5.41) is 45.2. The van der Waals surface area contributed by atoms with Crippen LogP contribution in [0.15, 0.2) is 183 Å². The van der Waals surface area contributed by atoms with E-state index in [4.69, 9.17) is 58.0 Å². The smallest absolute Gasteiger partial charge is 0.289 e. The number of aromatic nitrogens is 11. The molecule has 131 heavy (non-hydrogen) atoms. The van der Waals surface area contributed by atoms with Gasteiger partial charge in [0.15, 0.2) is 23.3 Å². The van der Waals surface area contributed by atoms with Crippen LogP contribution in [0.2, 0.25) is 25.1 Å². The molecule has 4 aliphatic heterocycles. The fourth-order valence-corrected chi connectivity index (χ4v) is 17.9. The van der Waals surface area contributed by atoms with Crippen LogP contribution in [0.1, 0.15) is 54.2 Å². The minimum absolute atomic E-state index is 0.0298. The highest BCUT2D eigenvalue weighted by Crippen LogP contribution is 2.47. The number of amides is 3. The molecule has 0 aliphatic carbocycles. The van der Waals surface area contributed by atoms with Gasteiger partial charge in [0.25, 0.3) is 11.8 Å². The number of H-pyrrole nitrogens is 2. The first-order valence-corrected chi connectivity index (χ1v) is 43.7. The standard InChI is InChI=1S/C25H22ClFN4O2.C24H23Cl2N5O.C23H18ClF2N5O2.C22H17ClF2N6O2/c1-2-21(33)30-7-9-31(10-8-30)25-19-13-20(26)22(23(27)24(19)28-14-29-25)18-12-16(32)11-15-5-3-4-6-17(15)18;1-2-19(32)7-8-30-9-10-31(14-18(30)13-27)24-21-11-20(16-3-5-17(25)6-4-16)22(26)12-23(21)28-15-29-24;24-14-11-13-21(20(26)18(14)19-15(25)3-1-5-17(19)32)28-12-29-22(13)30-7-9-31(10-8-30)23(33)16-4-2-6-27-16;23-13-10-12-19(18(25)16(13)17-14(24)2-1-3-15(17)32)28-11-29-21(12)30-6-8-31(9-7-30)22(33)20-26-4-5-27-20/h3-6,11-14,32H,2,7-10H2,1H3;3-6,11-12,15,18H,2,7-10,14H2,1H3;1-6,11-12,27,32H,7-10H2;1-5,10-11,32H,6-9H2,(H,26,27). The second-order valence-electron chi connectivity index (χ2n) is 31.0. The molecule has 1 atom stereocenters. The number of rotatable bonds is 15. The third-order valence-electron chi connectivity index (χ3n) is 23.4. The van der Waals surface area contributed by atoms with E-state index < -0.39 is 40.6 Å². The topological polar surface area (TPSA) is 326 Å². The fraction of sp³-hybridized carbons (Fsp3) is 0.234. The highest BCUT2D eigenvalue weighted by atomic mass is 35.5. The number of phenolic OH excluding ortho intramolecular Hbond substituents is 3. The number of nitriles is 1. The highest BCUT2D eigenvalue weighted by Gasteiger charge is 2.34. The van der Waals surface area contributed by atoms with E-state index in [0.717, 1.165) is 50.8 Å². The number of carbonyl (C=O) groups is 4. The molecule has 37 heteroatoms. The Kier molecular flexibility index (Phi) is 27.5. The van der Waals surface area contributed by atoms with Gasteiger partial charge in [0.05, 0.1) is 42.8 Å². The molecule has 9 aromatic carbocycles. The van der Waals surface area contributed by atoms with Crippen LogP contribution in [0.5, 0.6) is 17.2 Å². The van der Waals surface area contributed by atoms with Crippen LogP contribution in [0.25, 0.3) is 98.9 Å². The van der Waals surface area contributed by atoms with Gasteiger partial charge in [0, 0.05) is 191 Å². The maximum absolute atomic E-state index is 15.9. The van der Waals surface area contributed by atoms with Crippen molar-refractivity contribution in [3.05, 3.63) is 249 Å². The summed E-state index contributed by atoms with van der Waals surface area (Å²) in [6.07, 6.45) is 11.6. The number of hydrogen-bond acceptors (Lipinski definition) is 22. The molecule has 3 amide bonds. The Bertz CT molecular complexity index is 6660. The zero-order valence-electron chi connectivity index (χ0n) is 70.1. The molecule has 27 nitrogen and oxygen atoms in total. The Labute approximate surface area is 770 Å². The van der Waals surface area contributed by atoms with Crippen LogP contribution in [-0.4, -0.2) is 224 Å². The Morgan fingerprint density at radius 1 is 0.450 bits per heavy atom. The van der Waals surface area contributed by atoms with Crippen LogP contribution in [-0.2, 0) is 9.59 Å². The lowest BCUT2D eigenvalue weighted by atomic mass is 9.96. The number of aromatic hydroxyl groups is 3. The van der Waals surface area contributed by atoms with E-state index in [1.807, 2.05) is 94.1 Å². The number of nitrogens with zero attached hydrogens (tertiary/aromatic N) is 18. The van der Waals surface area contributed by atoms with Gasteiger partial charge in [0.2, 0.25) is 5.91 Å². The zero-order chi connectivity index (χ0) is 92.0. The first-order valence-electron chi connectivity index (χ1n) is 41.8. The van der Waals surface area contributed by atoms with Crippen molar-refractivity contribution in [1.29, 1.82) is 5.26 Å². The maximum Gasteiger partial charge on any atom is 0.289 e. The van der Waals surface area contributed by atoms with Gasteiger partial charge in [-0.15, -0.1) is 0 Å². The first-order chi connectivity index (χ1) is 63.4. The number of nitrogens with one attached hydrogen (secondary N) is 2. The molecule has 668 valence electrons. The highest BCUT2D eigenvalue weighted by molar-refractivity contribution is 6.36. The number of anilines is 4. The molecule has 19 rings (SSSR count). The molecular weight excluding hydrogens is 1790 g/mol. The van der Waals surface area contributed by atoms with Gasteiger partial charge in [-0.25, -0.2) is 66.8 Å². The van der Waals surface area contributed by atoms with Crippen LogP contribution in [0.4, 0.5) is 45.2 Å². The Hall–Kier alpha value is -13.7. The molecule has 10 heterocycles. The molecule has 6 aromatic heterocycles. The third kappa shape index (κ3) is 18.9. The molecule has 4 fully saturated rings. The lowest BCUT2D eigenvalue weighted by molar-refractivity contribution is -0.131. The molecule has 4 aliphatic rings. The number of fused-ring (bicyclic) bond motifs is 5. The summed E-state index contributed by atoms with van der Waals surface area (Å²) in [4.78, 5) is 108. The van der Waals surface area contributed by atoms with Crippen LogP contribution in [0.3, 0.4) is 0 Å². The first kappa shape index (κ1) is 90.7. The van der Waals surface area contributed by atoms with Crippen molar-refractivity contribution >= 4 is 159 Å². The molecule has 0 bridgehead atoms. The number of piperazine rings is 4. The van der Waals surface area contributed by atoms with Crippen molar-refractivity contribution in [2.45, 2.75) is 39.2 Å². The van der Waals surface area contributed by atoms with Gasteiger partial charge in [-0.1, -0.05) is 120 Å². The number of halogens is 10. The maximum atomic E-state index is 15.9. The van der Waals surface area contributed by atoms with Crippen molar-refractivity contribution in [1.82, 2.24) is 74.4 Å². The number of ketones is 1. The minimum Gasteiger partial charge on any atom is -0.508 e. The number of benzene rings is 9. The normalized spacial score (nSPS) is 14.8. The average molecular weight is 1870 g/mol. The molecule has 4 saturated heterocycles. The van der Waals surface area contributed by atoms with E-state index >= 15 is 13.2 Å². The SMILES string of the molecule is CCC(=O)CCN1CCN(c2ncnc3cc(Cl)c(-c4ccc(Cl)cc4)cc23)CC1C#N.CCC(=O)N1CCN(c2ncnc3c(F)c(-c4cc(O)cc5ccccc45)c(Cl)cc23)CC1.O=C(c1ccc[nH]1)N1CCN(c2ncnc3c(F)c(-c4c(O)cccc4F)c(Cl)cc23)CC1.O=C(c1ncc[nH]1)N1CCN(c2ncnc3c(F)c(-c4c(O)cccc4F)c(Cl)cc23)CC1. The van der Waals surface area contributed by atoms with Gasteiger partial charge in [-0.05, 0) is 113 Å². The van der Waals surface area contributed by atoms with E-state index in [0.29, 0.717) is 179 Å². The van der Waals surface area contributed by atoms with Crippen LogP contribution in [0, 0.1) is 40.4 Å². The monoisotopic (exact) mass is 1870 g/mol. The quantitative estimate of drug-likeness (QED) is 0.0595. The van der Waals surface area contributed by atoms with E-state index in [-0.39, 0.29) is 101 Å². The summed E-state index contributed by atoms with van der Waals surface area (Å²) in [7, 11) is 0. The van der Waals surface area contributed by atoms with E-state index in [1.165, 1.54) is 74.0 Å². The van der Waals surface area contributed by atoms with Gasteiger partial charge in [-0.2, -0.15) is 5.26 Å². The Morgan fingerprint density at radius 2 is 0.954 bits per heavy atom. The summed E-state index contributed by atoms with van der Waals surface area (Å²) in [6.45, 7) is 12.2. The Balaban J connectivity index is 0.000000128. The average Bonchev–Trinajstić information content (AvgIpc) is 0.996. The molecule has 0 radical (unpaired) electrons. The lowest BCUT2D eigenvalue weighted by Crippen LogP contribution is -2.53. The Morgan fingerprint density at radius 3 is 1.46 bits per heavy atom. The van der Waals surface area contributed by atoms with E-state index in [9.17, 15) is 48.5 Å². The summed E-state index contributed by atoms with van der Waals surface area (Å²) < 4.78 is 75.8. The van der Waals surface area contributed by atoms with Gasteiger partial charge >= 0.3 is 0 Å². The second kappa shape index (κ2) is 39.7. The molecule has 15 aromatic rings. The van der Waals surface area contributed by atoms with E-state index in [1.54, 1.807) is 46.5 Å². The largest absolute Gasteiger partial charge is 0.508 e.